The van der Waals surface area contributed by atoms with E-state index < -0.39 is 6.10 Å². The van der Waals surface area contributed by atoms with Crippen LogP contribution < -0.4 is 5.32 Å². The van der Waals surface area contributed by atoms with E-state index in [9.17, 15) is 5.11 Å². The van der Waals surface area contributed by atoms with Gasteiger partial charge in [0.1, 0.15) is 0 Å². The molecule has 0 radical (unpaired) electrons. The Hall–Kier alpha value is -1.28. The van der Waals surface area contributed by atoms with E-state index in [4.69, 9.17) is 21.6 Å². The molecule has 4 nitrogen and oxygen atoms in total. The van der Waals surface area contributed by atoms with Gasteiger partial charge < -0.3 is 15.2 Å². The van der Waals surface area contributed by atoms with Crippen molar-refractivity contribution in [2.24, 2.45) is 5.92 Å². The molecular formula is C16H23ClN2O2. The first-order valence-electron chi connectivity index (χ1n) is 7.22. The average molecular weight is 311 g/mol. The topological polar surface area (TPSA) is 65.3 Å². The van der Waals surface area contributed by atoms with E-state index in [-0.39, 0.29) is 0 Å². The highest BCUT2D eigenvalue weighted by Gasteiger charge is 2.07. The number of hydrogen-bond donors (Lipinski definition) is 2. The normalized spacial score (nSPS) is 12.2. The minimum atomic E-state index is -0.587. The molecule has 0 spiro atoms. The van der Waals surface area contributed by atoms with E-state index in [0.717, 1.165) is 12.8 Å². The van der Waals surface area contributed by atoms with E-state index in [1.807, 2.05) is 6.07 Å². The van der Waals surface area contributed by atoms with Gasteiger partial charge in [-0.2, -0.15) is 5.26 Å². The predicted octanol–water partition coefficient (Wildman–Crippen LogP) is 3.44. The Balaban J connectivity index is 2.24. The number of aliphatic hydroxyl groups is 1. The third-order valence-corrected chi connectivity index (χ3v) is 3.32. The highest BCUT2D eigenvalue weighted by atomic mass is 35.5. The number of halogens is 1. The molecule has 0 amide bonds. The number of nitrogens with one attached hydrogen (secondary N) is 1. The number of anilines is 1. The lowest BCUT2D eigenvalue weighted by molar-refractivity contribution is 0.0409. The second kappa shape index (κ2) is 9.62. The summed E-state index contributed by atoms with van der Waals surface area (Å²) < 4.78 is 5.43. The standard InChI is InChI=1S/C16H23ClN2O2/c1-12(2)4-3-7-21-11-14(20)10-19-16-6-5-13(9-18)8-15(16)17/h5-6,8,12,14,19-20H,3-4,7,10-11H2,1-2H3. The van der Waals surface area contributed by atoms with Crippen molar-refractivity contribution in [1.29, 1.82) is 5.26 Å². The number of benzene rings is 1. The summed E-state index contributed by atoms with van der Waals surface area (Å²) >= 11 is 6.04. The van der Waals surface area contributed by atoms with Crippen LogP contribution in [0.4, 0.5) is 5.69 Å². The molecule has 0 aliphatic heterocycles. The highest BCUT2D eigenvalue weighted by molar-refractivity contribution is 6.33. The van der Waals surface area contributed by atoms with Crippen LogP contribution in [0.3, 0.4) is 0 Å². The molecule has 1 atom stereocenters. The first-order valence-corrected chi connectivity index (χ1v) is 7.60. The van der Waals surface area contributed by atoms with Gasteiger partial charge in [-0.15, -0.1) is 0 Å². The van der Waals surface area contributed by atoms with Gasteiger partial charge >= 0.3 is 0 Å². The highest BCUT2D eigenvalue weighted by Crippen LogP contribution is 2.22. The first-order chi connectivity index (χ1) is 10.0. The smallest absolute Gasteiger partial charge is 0.0992 e. The third-order valence-electron chi connectivity index (χ3n) is 3.01. The van der Waals surface area contributed by atoms with E-state index >= 15 is 0 Å². The van der Waals surface area contributed by atoms with E-state index in [1.54, 1.807) is 18.2 Å². The van der Waals surface area contributed by atoms with E-state index in [2.05, 4.69) is 19.2 Å². The van der Waals surface area contributed by atoms with Crippen molar-refractivity contribution in [2.45, 2.75) is 32.8 Å². The van der Waals surface area contributed by atoms with Gasteiger partial charge in [-0.05, 0) is 37.0 Å². The molecule has 1 unspecified atom stereocenters. The molecule has 21 heavy (non-hydrogen) atoms. The Kier molecular flexibility index (Phi) is 8.14. The van der Waals surface area contributed by atoms with Gasteiger partial charge in [-0.3, -0.25) is 0 Å². The number of nitrogens with zero attached hydrogens (tertiary/aromatic N) is 1. The van der Waals surface area contributed by atoms with Gasteiger partial charge in [0.2, 0.25) is 0 Å². The van der Waals surface area contributed by atoms with Gasteiger partial charge in [0.05, 0.1) is 35.1 Å². The number of aliphatic hydroxyl groups excluding tert-OH is 1. The van der Waals surface area contributed by atoms with E-state index in [0.29, 0.717) is 41.9 Å². The molecule has 1 aromatic rings. The van der Waals surface area contributed by atoms with Crippen LogP contribution in [-0.2, 0) is 4.74 Å². The summed E-state index contributed by atoms with van der Waals surface area (Å²) in [6, 6.07) is 7.04. The Labute approximate surface area is 131 Å². The summed E-state index contributed by atoms with van der Waals surface area (Å²) in [5.74, 6) is 0.679. The summed E-state index contributed by atoms with van der Waals surface area (Å²) in [6.45, 7) is 5.70. The molecular weight excluding hydrogens is 288 g/mol. The maximum absolute atomic E-state index is 9.83. The van der Waals surface area contributed by atoms with Gasteiger partial charge in [0.15, 0.2) is 0 Å². The Morgan fingerprint density at radius 2 is 2.19 bits per heavy atom. The molecule has 0 saturated carbocycles. The van der Waals surface area contributed by atoms with Gasteiger partial charge in [-0.1, -0.05) is 25.4 Å². The predicted molar refractivity (Wildman–Crippen MR) is 85.6 cm³/mol. The van der Waals surface area contributed by atoms with Crippen molar-refractivity contribution >= 4 is 17.3 Å². The molecule has 0 bridgehead atoms. The Bertz CT molecular complexity index is 472. The Morgan fingerprint density at radius 3 is 2.81 bits per heavy atom. The SMILES string of the molecule is CC(C)CCCOCC(O)CNc1ccc(C#N)cc1Cl. The molecule has 0 aliphatic carbocycles. The zero-order valence-corrected chi connectivity index (χ0v) is 13.4. The summed E-state index contributed by atoms with van der Waals surface area (Å²) in [4.78, 5) is 0. The fourth-order valence-corrected chi connectivity index (χ4v) is 2.08. The maximum atomic E-state index is 9.83. The zero-order valence-electron chi connectivity index (χ0n) is 12.6. The molecule has 1 aromatic carbocycles. The largest absolute Gasteiger partial charge is 0.389 e. The maximum Gasteiger partial charge on any atom is 0.0992 e. The second-order valence-electron chi connectivity index (χ2n) is 5.45. The van der Waals surface area contributed by atoms with Crippen LogP contribution in [0.15, 0.2) is 18.2 Å². The van der Waals surface area contributed by atoms with Gasteiger partial charge in [0.25, 0.3) is 0 Å². The molecule has 0 aliphatic rings. The van der Waals surface area contributed by atoms with Crippen LogP contribution in [0.2, 0.25) is 5.02 Å². The van der Waals surface area contributed by atoms with Crippen molar-refractivity contribution < 1.29 is 9.84 Å². The molecule has 1 rings (SSSR count). The van der Waals surface area contributed by atoms with Crippen molar-refractivity contribution in [3.63, 3.8) is 0 Å². The number of nitriles is 1. The first kappa shape index (κ1) is 17.8. The third kappa shape index (κ3) is 7.33. The fourth-order valence-electron chi connectivity index (χ4n) is 1.83. The lowest BCUT2D eigenvalue weighted by Gasteiger charge is -2.14. The molecule has 2 N–H and O–H groups in total. The van der Waals surface area contributed by atoms with Crippen LogP contribution in [0.5, 0.6) is 0 Å². The van der Waals surface area contributed by atoms with Gasteiger partial charge in [0, 0.05) is 13.2 Å². The molecule has 0 fully saturated rings. The lowest BCUT2D eigenvalue weighted by Crippen LogP contribution is -2.25. The number of rotatable bonds is 9. The van der Waals surface area contributed by atoms with Crippen molar-refractivity contribution in [3.8, 4) is 6.07 Å². The van der Waals surface area contributed by atoms with Crippen LogP contribution in [0.1, 0.15) is 32.3 Å². The second-order valence-corrected chi connectivity index (χ2v) is 5.86. The van der Waals surface area contributed by atoms with Crippen LogP contribution in [0.25, 0.3) is 0 Å². The molecule has 0 heterocycles. The molecule has 116 valence electrons. The number of hydrogen-bond acceptors (Lipinski definition) is 4. The Morgan fingerprint density at radius 1 is 1.43 bits per heavy atom. The van der Waals surface area contributed by atoms with Crippen LogP contribution in [0, 0.1) is 17.2 Å². The monoisotopic (exact) mass is 310 g/mol. The zero-order chi connectivity index (χ0) is 15.7. The number of ether oxygens (including phenoxy) is 1. The van der Waals surface area contributed by atoms with Crippen molar-refractivity contribution in [2.75, 3.05) is 25.1 Å². The average Bonchev–Trinajstić information content (AvgIpc) is 2.45. The van der Waals surface area contributed by atoms with E-state index in [1.165, 1.54) is 0 Å². The quantitative estimate of drug-likeness (QED) is 0.686. The lowest BCUT2D eigenvalue weighted by atomic mass is 10.1. The summed E-state index contributed by atoms with van der Waals surface area (Å²) in [7, 11) is 0. The fraction of sp³-hybridized carbons (Fsp3) is 0.562. The van der Waals surface area contributed by atoms with Gasteiger partial charge in [-0.25, -0.2) is 0 Å². The molecule has 0 saturated heterocycles. The summed E-state index contributed by atoms with van der Waals surface area (Å²) in [6.07, 6.45) is 1.56. The molecule has 5 heteroatoms. The van der Waals surface area contributed by atoms with Crippen LogP contribution >= 0.6 is 11.6 Å². The minimum absolute atomic E-state index is 0.305. The minimum Gasteiger partial charge on any atom is -0.389 e. The van der Waals surface area contributed by atoms with Crippen molar-refractivity contribution in [3.05, 3.63) is 28.8 Å². The summed E-state index contributed by atoms with van der Waals surface area (Å²) in [5.41, 5.74) is 1.22. The van der Waals surface area contributed by atoms with Crippen LogP contribution in [-0.4, -0.2) is 31.0 Å². The van der Waals surface area contributed by atoms with Crippen molar-refractivity contribution in [1.82, 2.24) is 0 Å². The summed E-state index contributed by atoms with van der Waals surface area (Å²) in [5, 5.41) is 22.1. The molecule has 0 aromatic heterocycles.